The predicted octanol–water partition coefficient (Wildman–Crippen LogP) is 3.82. The summed E-state index contributed by atoms with van der Waals surface area (Å²) >= 11 is 0. The van der Waals surface area contributed by atoms with Gasteiger partial charge in [0.05, 0.1) is 0 Å². The summed E-state index contributed by atoms with van der Waals surface area (Å²) in [7, 11) is 0. The normalized spacial score (nSPS) is 12.5. The Hall–Kier alpha value is -2.01. The van der Waals surface area contributed by atoms with E-state index in [1.165, 1.54) is 36.4 Å². The maximum Gasteiger partial charge on any atom is 0.387 e. The molecule has 0 saturated carbocycles. The number of aliphatic hydroxyl groups excluding tert-OH is 1. The first-order valence-electron chi connectivity index (χ1n) is 5.96. The van der Waals surface area contributed by atoms with E-state index in [0.29, 0.717) is 16.7 Å². The highest BCUT2D eigenvalue weighted by Gasteiger charge is 2.15. The standard InChI is InChI=1S/C15H13F3O2/c1-9-7-11(16)5-6-13(9)14(19)10-3-2-4-12(8-10)20-15(17)18/h2-8,14-15,19H,1H3. The summed E-state index contributed by atoms with van der Waals surface area (Å²) in [4.78, 5) is 0. The predicted molar refractivity (Wildman–Crippen MR) is 68.3 cm³/mol. The van der Waals surface area contributed by atoms with Gasteiger partial charge in [-0.2, -0.15) is 8.78 Å². The summed E-state index contributed by atoms with van der Waals surface area (Å²) < 4.78 is 41.6. The minimum Gasteiger partial charge on any atom is -0.435 e. The van der Waals surface area contributed by atoms with Crippen LogP contribution in [0.4, 0.5) is 13.2 Å². The van der Waals surface area contributed by atoms with Crippen LogP contribution in [-0.4, -0.2) is 11.7 Å². The third kappa shape index (κ3) is 3.30. The first-order valence-corrected chi connectivity index (χ1v) is 5.96. The van der Waals surface area contributed by atoms with E-state index in [4.69, 9.17) is 0 Å². The van der Waals surface area contributed by atoms with Gasteiger partial charge in [-0.1, -0.05) is 18.2 Å². The fraction of sp³-hybridized carbons (Fsp3) is 0.200. The molecule has 0 fully saturated rings. The molecule has 0 radical (unpaired) electrons. The topological polar surface area (TPSA) is 29.5 Å². The van der Waals surface area contributed by atoms with Crippen LogP contribution in [0, 0.1) is 12.7 Å². The monoisotopic (exact) mass is 282 g/mol. The fourth-order valence-electron chi connectivity index (χ4n) is 1.99. The van der Waals surface area contributed by atoms with Gasteiger partial charge in [0.2, 0.25) is 0 Å². The fourth-order valence-corrected chi connectivity index (χ4v) is 1.99. The van der Waals surface area contributed by atoms with Crippen molar-refractivity contribution in [3.63, 3.8) is 0 Å². The zero-order valence-electron chi connectivity index (χ0n) is 10.7. The summed E-state index contributed by atoms with van der Waals surface area (Å²) in [6.45, 7) is -1.25. The molecular formula is C15H13F3O2. The number of hydrogen-bond acceptors (Lipinski definition) is 2. The maximum absolute atomic E-state index is 13.0. The number of aryl methyl sites for hydroxylation is 1. The van der Waals surface area contributed by atoms with Gasteiger partial charge >= 0.3 is 6.61 Å². The first-order chi connectivity index (χ1) is 9.47. The van der Waals surface area contributed by atoms with Crippen molar-refractivity contribution in [2.75, 3.05) is 0 Å². The number of alkyl halides is 2. The molecule has 0 heterocycles. The van der Waals surface area contributed by atoms with Crippen molar-refractivity contribution in [3.8, 4) is 5.75 Å². The van der Waals surface area contributed by atoms with Crippen LogP contribution in [0.2, 0.25) is 0 Å². The number of aliphatic hydroxyl groups is 1. The molecule has 0 aliphatic carbocycles. The largest absolute Gasteiger partial charge is 0.435 e. The highest BCUT2D eigenvalue weighted by Crippen LogP contribution is 2.28. The Kier molecular flexibility index (Phi) is 4.29. The van der Waals surface area contributed by atoms with Crippen LogP contribution in [0.5, 0.6) is 5.75 Å². The SMILES string of the molecule is Cc1cc(F)ccc1C(O)c1cccc(OC(F)F)c1. The van der Waals surface area contributed by atoms with Crippen LogP contribution >= 0.6 is 0 Å². The van der Waals surface area contributed by atoms with Crippen molar-refractivity contribution in [2.24, 2.45) is 0 Å². The first kappa shape index (κ1) is 14.4. The smallest absolute Gasteiger partial charge is 0.387 e. The molecule has 2 aromatic carbocycles. The Labute approximate surface area is 114 Å². The molecule has 20 heavy (non-hydrogen) atoms. The Morgan fingerprint density at radius 2 is 1.85 bits per heavy atom. The molecule has 0 aliphatic heterocycles. The lowest BCUT2D eigenvalue weighted by Crippen LogP contribution is -2.05. The second kappa shape index (κ2) is 5.96. The summed E-state index contributed by atoms with van der Waals surface area (Å²) in [5.74, 6) is -0.426. The molecule has 0 amide bonds. The van der Waals surface area contributed by atoms with E-state index in [1.54, 1.807) is 13.0 Å². The highest BCUT2D eigenvalue weighted by molar-refractivity contribution is 5.38. The summed E-state index contributed by atoms with van der Waals surface area (Å²) in [6.07, 6.45) is -1.03. The van der Waals surface area contributed by atoms with Gasteiger partial charge in [-0.3, -0.25) is 0 Å². The van der Waals surface area contributed by atoms with E-state index < -0.39 is 18.5 Å². The summed E-state index contributed by atoms with van der Waals surface area (Å²) in [5.41, 5.74) is 1.50. The molecule has 0 aromatic heterocycles. The van der Waals surface area contributed by atoms with Crippen molar-refractivity contribution < 1.29 is 23.0 Å². The molecule has 0 spiro atoms. The highest BCUT2D eigenvalue weighted by atomic mass is 19.3. The Morgan fingerprint density at radius 3 is 2.50 bits per heavy atom. The Bertz CT molecular complexity index is 599. The third-order valence-corrected chi connectivity index (χ3v) is 2.93. The van der Waals surface area contributed by atoms with Crippen molar-refractivity contribution in [3.05, 3.63) is 65.0 Å². The van der Waals surface area contributed by atoms with E-state index in [9.17, 15) is 18.3 Å². The van der Waals surface area contributed by atoms with Gasteiger partial charge in [-0.15, -0.1) is 0 Å². The van der Waals surface area contributed by atoms with E-state index in [-0.39, 0.29) is 5.75 Å². The molecule has 0 saturated heterocycles. The Balaban J connectivity index is 2.30. The lowest BCUT2D eigenvalue weighted by Gasteiger charge is -2.15. The molecule has 2 aromatic rings. The number of ether oxygens (including phenoxy) is 1. The molecule has 1 N–H and O–H groups in total. The summed E-state index contributed by atoms with van der Waals surface area (Å²) in [5, 5.41) is 10.3. The second-order valence-corrected chi connectivity index (χ2v) is 4.35. The molecule has 1 unspecified atom stereocenters. The molecule has 106 valence electrons. The van der Waals surface area contributed by atoms with Crippen molar-refractivity contribution in [2.45, 2.75) is 19.6 Å². The van der Waals surface area contributed by atoms with Crippen molar-refractivity contribution in [1.29, 1.82) is 0 Å². The molecule has 2 rings (SSSR count). The van der Waals surface area contributed by atoms with Crippen LogP contribution in [0.3, 0.4) is 0 Å². The molecule has 5 heteroatoms. The van der Waals surface area contributed by atoms with E-state index >= 15 is 0 Å². The molecule has 0 bridgehead atoms. The molecule has 1 atom stereocenters. The average molecular weight is 282 g/mol. The maximum atomic E-state index is 13.0. The van der Waals surface area contributed by atoms with Gasteiger partial charge in [0.25, 0.3) is 0 Å². The van der Waals surface area contributed by atoms with Crippen molar-refractivity contribution >= 4 is 0 Å². The van der Waals surface area contributed by atoms with Crippen LogP contribution in [0.15, 0.2) is 42.5 Å². The zero-order chi connectivity index (χ0) is 14.7. The Morgan fingerprint density at radius 1 is 1.10 bits per heavy atom. The number of rotatable bonds is 4. The van der Waals surface area contributed by atoms with Crippen molar-refractivity contribution in [1.82, 2.24) is 0 Å². The van der Waals surface area contributed by atoms with Crippen LogP contribution < -0.4 is 4.74 Å². The van der Waals surface area contributed by atoms with E-state index in [1.807, 2.05) is 0 Å². The number of halogens is 3. The minimum absolute atomic E-state index is 0.0312. The van der Waals surface area contributed by atoms with Gasteiger partial charge in [-0.25, -0.2) is 4.39 Å². The minimum atomic E-state index is -2.92. The third-order valence-electron chi connectivity index (χ3n) is 2.93. The molecule has 0 aliphatic rings. The second-order valence-electron chi connectivity index (χ2n) is 4.35. The van der Waals surface area contributed by atoms with Gasteiger partial charge in [0.15, 0.2) is 0 Å². The molecule has 2 nitrogen and oxygen atoms in total. The van der Waals surface area contributed by atoms with Crippen LogP contribution in [0.25, 0.3) is 0 Å². The number of hydrogen-bond donors (Lipinski definition) is 1. The molecular weight excluding hydrogens is 269 g/mol. The quantitative estimate of drug-likeness (QED) is 0.923. The van der Waals surface area contributed by atoms with Gasteiger partial charge in [0, 0.05) is 0 Å². The average Bonchev–Trinajstić information content (AvgIpc) is 2.37. The van der Waals surface area contributed by atoms with Crippen LogP contribution in [-0.2, 0) is 0 Å². The lowest BCUT2D eigenvalue weighted by atomic mass is 9.97. The van der Waals surface area contributed by atoms with Gasteiger partial charge in [0.1, 0.15) is 17.7 Å². The van der Waals surface area contributed by atoms with Gasteiger partial charge in [-0.05, 0) is 47.9 Å². The number of benzene rings is 2. The van der Waals surface area contributed by atoms with E-state index in [0.717, 1.165) is 0 Å². The van der Waals surface area contributed by atoms with Gasteiger partial charge < -0.3 is 9.84 Å². The summed E-state index contributed by atoms with van der Waals surface area (Å²) in [6, 6.07) is 9.82. The zero-order valence-corrected chi connectivity index (χ0v) is 10.7. The van der Waals surface area contributed by atoms with Crippen LogP contribution in [0.1, 0.15) is 22.8 Å². The lowest BCUT2D eigenvalue weighted by molar-refractivity contribution is -0.0499. The van der Waals surface area contributed by atoms with E-state index in [2.05, 4.69) is 4.74 Å².